The van der Waals surface area contributed by atoms with Crippen molar-refractivity contribution >= 4 is 0 Å². The van der Waals surface area contributed by atoms with E-state index in [2.05, 4.69) is 41.5 Å². The summed E-state index contributed by atoms with van der Waals surface area (Å²) in [4.78, 5) is 0. The lowest BCUT2D eigenvalue weighted by Crippen LogP contribution is -2.40. The van der Waals surface area contributed by atoms with Crippen LogP contribution in [0.3, 0.4) is 0 Å². The zero-order valence-electron chi connectivity index (χ0n) is 27.3. The van der Waals surface area contributed by atoms with Crippen LogP contribution in [0.1, 0.15) is 174 Å². The Morgan fingerprint density at radius 2 is 0.743 bits per heavy atom. The predicted molar refractivity (Wildman–Crippen MR) is 168 cm³/mol. The first-order valence-corrected chi connectivity index (χ1v) is 15.6. The fourth-order valence-electron chi connectivity index (χ4n) is 4.30. The summed E-state index contributed by atoms with van der Waals surface area (Å²) in [6.07, 6.45) is 17.5. The van der Waals surface area contributed by atoms with Crippen molar-refractivity contribution in [2.24, 2.45) is 10.8 Å². The smallest absolute Gasteiger partial charge is 0.115 e. The third kappa shape index (κ3) is 24.5. The number of rotatable bonds is 1. The Morgan fingerprint density at radius 3 is 0.914 bits per heavy atom. The number of para-hydroxylation sites is 1. The van der Waals surface area contributed by atoms with Crippen LogP contribution in [0.5, 0.6) is 5.75 Å². The van der Waals surface area contributed by atoms with Gasteiger partial charge in [0.25, 0.3) is 0 Å². The molecule has 1 nitrogen and oxygen atoms in total. The Balaban J connectivity index is -0.000000121. The van der Waals surface area contributed by atoms with Gasteiger partial charge in [0.05, 0.1) is 0 Å². The average molecular weight is 497 g/mol. The molecule has 0 amide bonds. The highest BCUT2D eigenvalue weighted by Gasteiger charge is 2.44. The maximum absolute atomic E-state index is 8.63. The topological polar surface area (TPSA) is 20.2 Å². The van der Waals surface area contributed by atoms with Crippen LogP contribution < -0.4 is 0 Å². The fraction of sp³-hybridized carbons (Fsp3) is 0.824. The van der Waals surface area contributed by atoms with Crippen molar-refractivity contribution in [3.8, 4) is 5.75 Å². The Kier molecular flexibility index (Phi) is 44.3. The van der Waals surface area contributed by atoms with E-state index in [1.807, 2.05) is 61.5 Å². The van der Waals surface area contributed by atoms with Gasteiger partial charge in [0.1, 0.15) is 5.75 Å². The van der Waals surface area contributed by atoms with Gasteiger partial charge in [-0.3, -0.25) is 0 Å². The monoisotopic (exact) mass is 497 g/mol. The van der Waals surface area contributed by atoms with Gasteiger partial charge in [-0.2, -0.15) is 0 Å². The summed E-state index contributed by atoms with van der Waals surface area (Å²) < 4.78 is 0. The summed E-state index contributed by atoms with van der Waals surface area (Å²) in [6.45, 7) is 29.7. The van der Waals surface area contributed by atoms with Crippen LogP contribution in [0.15, 0.2) is 30.3 Å². The summed E-state index contributed by atoms with van der Waals surface area (Å²) in [6, 6.07) is 8.71. The highest BCUT2D eigenvalue weighted by Crippen LogP contribution is 2.56. The zero-order valence-corrected chi connectivity index (χ0v) is 27.3. The van der Waals surface area contributed by atoms with Gasteiger partial charge < -0.3 is 5.11 Å². The molecule has 0 heterocycles. The largest absolute Gasteiger partial charge is 0.508 e. The van der Waals surface area contributed by atoms with Crippen molar-refractivity contribution in [2.45, 2.75) is 174 Å². The second kappa shape index (κ2) is 35.2. The lowest BCUT2D eigenvalue weighted by atomic mass is 9.54. The normalized spacial score (nSPS) is 15.9. The van der Waals surface area contributed by atoms with Crippen molar-refractivity contribution < 1.29 is 5.11 Å². The summed E-state index contributed by atoms with van der Waals surface area (Å²) in [5.41, 5.74) is 1.37. The van der Waals surface area contributed by atoms with Crippen molar-refractivity contribution in [1.82, 2.24) is 0 Å². The number of aromatic hydroxyl groups is 1. The molecule has 0 unspecified atom stereocenters. The fourth-order valence-corrected chi connectivity index (χ4v) is 4.30. The molecule has 0 aliphatic heterocycles. The highest BCUT2D eigenvalue weighted by molar-refractivity contribution is 5.18. The van der Waals surface area contributed by atoms with E-state index in [9.17, 15) is 0 Å². The lowest BCUT2D eigenvalue weighted by molar-refractivity contribution is -0.00381. The van der Waals surface area contributed by atoms with Crippen molar-refractivity contribution in [2.75, 3.05) is 0 Å². The number of benzene rings is 1. The van der Waals surface area contributed by atoms with Gasteiger partial charge >= 0.3 is 0 Å². The molecule has 0 aromatic heterocycles. The molecule has 2 saturated carbocycles. The summed E-state index contributed by atoms with van der Waals surface area (Å²) >= 11 is 0. The summed E-state index contributed by atoms with van der Waals surface area (Å²) in [5.74, 6) is 0.322. The van der Waals surface area contributed by atoms with Crippen molar-refractivity contribution in [1.29, 1.82) is 0 Å². The third-order valence-electron chi connectivity index (χ3n) is 6.13. The molecule has 3 rings (SSSR count). The minimum atomic E-state index is 0.322. The highest BCUT2D eigenvalue weighted by atomic mass is 16.3. The molecule has 0 atom stereocenters. The molecule has 1 aromatic carbocycles. The van der Waals surface area contributed by atoms with Gasteiger partial charge in [-0.05, 0) is 48.6 Å². The van der Waals surface area contributed by atoms with E-state index in [1.54, 1.807) is 24.3 Å². The van der Waals surface area contributed by atoms with Crippen LogP contribution >= 0.6 is 0 Å². The second-order valence-corrected chi connectivity index (χ2v) is 8.99. The maximum atomic E-state index is 8.63. The van der Waals surface area contributed by atoms with Gasteiger partial charge in [0.15, 0.2) is 0 Å². The van der Waals surface area contributed by atoms with E-state index in [-0.39, 0.29) is 0 Å². The first-order chi connectivity index (χ1) is 16.9. The van der Waals surface area contributed by atoms with Crippen molar-refractivity contribution in [3.63, 3.8) is 0 Å². The molecule has 2 aliphatic rings. The Bertz CT molecular complexity index is 401. The molecule has 35 heavy (non-hydrogen) atoms. The molecule has 0 saturated heterocycles. The van der Waals surface area contributed by atoms with Crippen molar-refractivity contribution in [3.05, 3.63) is 30.3 Å². The Morgan fingerprint density at radius 1 is 0.514 bits per heavy atom. The maximum Gasteiger partial charge on any atom is 0.115 e. The quantitative estimate of drug-likeness (QED) is 0.410. The van der Waals surface area contributed by atoms with Gasteiger partial charge in [0, 0.05) is 0 Å². The molecule has 1 N–H and O–H groups in total. The van der Waals surface area contributed by atoms with E-state index in [0.717, 1.165) is 0 Å². The van der Waals surface area contributed by atoms with E-state index in [4.69, 9.17) is 5.11 Å². The number of phenols is 1. The minimum absolute atomic E-state index is 0.322. The van der Waals surface area contributed by atoms with Gasteiger partial charge in [-0.1, -0.05) is 166 Å². The Labute approximate surface area is 225 Å². The molecule has 214 valence electrons. The standard InChI is InChI=1S/C14H26.C6H6O.2C3H8.4C2H6/c1-13(9-5-3-6-10-13)14(2)11-7-4-8-12-14;7-6-4-2-1-3-5-6;2*1-3-2;4*1-2/h3-12H2,1-2H3;1-5,7H;2*3H2,1-2H3;4*1-2H3. The first kappa shape index (κ1) is 44.0. The van der Waals surface area contributed by atoms with E-state index in [1.165, 1.54) is 77.0 Å². The molecular formula is C34H72O. The van der Waals surface area contributed by atoms with E-state index >= 15 is 0 Å². The lowest BCUT2D eigenvalue weighted by Gasteiger charge is -2.51. The number of phenolic OH excluding ortho intramolecular Hbond substituents is 1. The van der Waals surface area contributed by atoms with Gasteiger partial charge in [-0.15, -0.1) is 0 Å². The number of hydrogen-bond acceptors (Lipinski definition) is 1. The van der Waals surface area contributed by atoms with Crippen LogP contribution in [0, 0.1) is 10.8 Å². The van der Waals surface area contributed by atoms with E-state index < -0.39 is 0 Å². The second-order valence-electron chi connectivity index (χ2n) is 8.99. The molecule has 1 heteroatoms. The third-order valence-corrected chi connectivity index (χ3v) is 6.13. The molecule has 0 radical (unpaired) electrons. The SMILES string of the molecule is CC.CC.CC.CC.CC1(C2(C)CCCCC2)CCCCC1.CCC.CCC.Oc1ccccc1. The molecule has 2 fully saturated rings. The van der Waals surface area contributed by atoms with Crippen LogP contribution in [-0.4, -0.2) is 5.11 Å². The molecule has 2 aliphatic carbocycles. The van der Waals surface area contributed by atoms with Crippen LogP contribution in [-0.2, 0) is 0 Å². The van der Waals surface area contributed by atoms with Gasteiger partial charge in [0.2, 0.25) is 0 Å². The summed E-state index contributed by atoms with van der Waals surface area (Å²) in [7, 11) is 0. The van der Waals surface area contributed by atoms with Gasteiger partial charge in [-0.25, -0.2) is 0 Å². The molecule has 0 spiro atoms. The first-order valence-electron chi connectivity index (χ1n) is 15.6. The van der Waals surface area contributed by atoms with Crippen LogP contribution in [0.2, 0.25) is 0 Å². The molecule has 1 aromatic rings. The van der Waals surface area contributed by atoms with Crippen LogP contribution in [0.25, 0.3) is 0 Å². The minimum Gasteiger partial charge on any atom is -0.508 e. The molecular weight excluding hydrogens is 424 g/mol. The zero-order chi connectivity index (χ0) is 28.6. The number of hydrogen-bond donors (Lipinski definition) is 1. The predicted octanol–water partition coefficient (Wildman–Crippen LogP) is 13.3. The molecule has 0 bridgehead atoms. The van der Waals surface area contributed by atoms with Crippen LogP contribution in [0.4, 0.5) is 0 Å². The Hall–Kier alpha value is -0.980. The van der Waals surface area contributed by atoms with E-state index in [0.29, 0.717) is 16.6 Å². The average Bonchev–Trinajstić information content (AvgIpc) is 2.91. The summed E-state index contributed by atoms with van der Waals surface area (Å²) in [5, 5.41) is 8.63.